The lowest BCUT2D eigenvalue weighted by molar-refractivity contribution is -0.116. The minimum absolute atomic E-state index is 0.0571. The number of amides is 1. The van der Waals surface area contributed by atoms with Crippen molar-refractivity contribution in [3.63, 3.8) is 0 Å². The lowest BCUT2D eigenvalue weighted by Crippen LogP contribution is -2.30. The Hall–Kier alpha value is -1.89. The average molecular weight is 409 g/mol. The molecule has 136 valence electrons. The molecule has 6 nitrogen and oxygen atoms in total. The van der Waals surface area contributed by atoms with E-state index in [9.17, 15) is 9.59 Å². The van der Waals surface area contributed by atoms with Crippen molar-refractivity contribution < 1.29 is 4.79 Å². The molecule has 0 radical (unpaired) electrons. The highest BCUT2D eigenvalue weighted by Gasteiger charge is 2.25. The molecule has 0 unspecified atom stereocenters. The normalized spacial score (nSPS) is 12.3. The quantitative estimate of drug-likeness (QED) is 0.844. The van der Waals surface area contributed by atoms with Crippen LogP contribution in [0.5, 0.6) is 0 Å². The summed E-state index contributed by atoms with van der Waals surface area (Å²) in [5, 5.41) is 7.56. The maximum absolute atomic E-state index is 12.5. The zero-order chi connectivity index (χ0) is 19.0. The maximum Gasteiger partial charge on any atom is 0.251 e. The molecule has 25 heavy (non-hydrogen) atoms. The molecular weight excluding hydrogens is 384 g/mol. The number of anilines is 1. The van der Waals surface area contributed by atoms with Crippen LogP contribution in [-0.2, 0) is 22.3 Å². The van der Waals surface area contributed by atoms with Gasteiger partial charge in [0, 0.05) is 28.2 Å². The zero-order valence-electron chi connectivity index (χ0n) is 15.6. The third-order valence-electron chi connectivity index (χ3n) is 3.64. The van der Waals surface area contributed by atoms with E-state index in [2.05, 4.69) is 47.1 Å². The lowest BCUT2D eigenvalue weighted by Gasteiger charge is -2.23. The second-order valence-electron chi connectivity index (χ2n) is 8.11. The number of aromatic nitrogens is 3. The molecule has 0 saturated heterocycles. The topological polar surface area (TPSA) is 68.9 Å². The minimum Gasteiger partial charge on any atom is -0.309 e. The summed E-state index contributed by atoms with van der Waals surface area (Å²) in [4.78, 5) is 24.3. The molecule has 0 aliphatic carbocycles. The van der Waals surface area contributed by atoms with Gasteiger partial charge in [0.1, 0.15) is 12.4 Å². The van der Waals surface area contributed by atoms with E-state index in [4.69, 9.17) is 0 Å². The minimum atomic E-state index is -0.279. The van der Waals surface area contributed by atoms with Crippen molar-refractivity contribution >= 4 is 27.7 Å². The Bertz CT molecular complexity index is 838. The molecule has 2 aromatic heterocycles. The lowest BCUT2D eigenvalue weighted by atomic mass is 9.92. The van der Waals surface area contributed by atoms with Crippen LogP contribution in [0.4, 0.5) is 5.82 Å². The fourth-order valence-electron chi connectivity index (χ4n) is 2.31. The molecule has 0 saturated carbocycles. The largest absolute Gasteiger partial charge is 0.309 e. The summed E-state index contributed by atoms with van der Waals surface area (Å²) in [5.41, 5.74) is 0.269. The van der Waals surface area contributed by atoms with E-state index in [0.717, 1.165) is 10.2 Å². The van der Waals surface area contributed by atoms with Gasteiger partial charge < -0.3 is 9.88 Å². The van der Waals surface area contributed by atoms with E-state index in [-0.39, 0.29) is 29.0 Å². The third-order valence-corrected chi connectivity index (χ3v) is 4.11. The highest BCUT2D eigenvalue weighted by atomic mass is 79.9. The van der Waals surface area contributed by atoms with Gasteiger partial charge in [0.2, 0.25) is 5.91 Å². The molecule has 0 spiro atoms. The van der Waals surface area contributed by atoms with Crippen LogP contribution in [0.3, 0.4) is 0 Å². The van der Waals surface area contributed by atoms with Crippen molar-refractivity contribution in [3.8, 4) is 0 Å². The van der Waals surface area contributed by atoms with Crippen LogP contribution >= 0.6 is 15.9 Å². The SMILES string of the molecule is CC(C)(C)c1cc(NC(=O)Cn2cc(Br)ccc2=O)n(C(C)(C)C)n1. The van der Waals surface area contributed by atoms with Gasteiger partial charge in [0.15, 0.2) is 0 Å². The maximum atomic E-state index is 12.5. The number of nitrogens with zero attached hydrogens (tertiary/aromatic N) is 3. The number of rotatable bonds is 3. The second-order valence-corrected chi connectivity index (χ2v) is 9.02. The van der Waals surface area contributed by atoms with Gasteiger partial charge in [0.05, 0.1) is 11.2 Å². The number of carbonyl (C=O) groups excluding carboxylic acids is 1. The van der Waals surface area contributed by atoms with Gasteiger partial charge in [-0.15, -0.1) is 0 Å². The molecule has 7 heteroatoms. The number of hydrogen-bond donors (Lipinski definition) is 1. The van der Waals surface area contributed by atoms with Crippen LogP contribution in [-0.4, -0.2) is 20.3 Å². The first-order valence-electron chi connectivity index (χ1n) is 8.15. The first-order valence-corrected chi connectivity index (χ1v) is 8.94. The van der Waals surface area contributed by atoms with Crippen molar-refractivity contribution in [2.24, 2.45) is 0 Å². The molecule has 0 fully saturated rings. The zero-order valence-corrected chi connectivity index (χ0v) is 17.1. The summed E-state index contributed by atoms with van der Waals surface area (Å²) in [7, 11) is 0. The van der Waals surface area contributed by atoms with Gasteiger partial charge in [0.25, 0.3) is 5.56 Å². The highest BCUT2D eigenvalue weighted by Crippen LogP contribution is 2.28. The molecule has 2 heterocycles. The second kappa shape index (κ2) is 6.78. The molecule has 0 aliphatic heterocycles. The predicted octanol–water partition coefficient (Wildman–Crippen LogP) is 3.50. The Morgan fingerprint density at radius 1 is 1.20 bits per heavy atom. The molecule has 0 atom stereocenters. The van der Waals surface area contributed by atoms with Gasteiger partial charge in [-0.05, 0) is 42.8 Å². The Morgan fingerprint density at radius 2 is 1.84 bits per heavy atom. The van der Waals surface area contributed by atoms with E-state index in [0.29, 0.717) is 5.82 Å². The molecule has 1 N–H and O–H groups in total. The van der Waals surface area contributed by atoms with Crippen LogP contribution in [0, 0.1) is 0 Å². The first kappa shape index (κ1) is 19.4. The molecule has 0 aliphatic rings. The Balaban J connectivity index is 2.29. The van der Waals surface area contributed by atoms with E-state index in [1.165, 1.54) is 10.6 Å². The first-order chi connectivity index (χ1) is 11.4. The summed E-state index contributed by atoms with van der Waals surface area (Å²) >= 11 is 3.31. The van der Waals surface area contributed by atoms with E-state index < -0.39 is 0 Å². The summed E-state index contributed by atoms with van der Waals surface area (Å²) < 4.78 is 3.92. The van der Waals surface area contributed by atoms with E-state index in [1.807, 2.05) is 31.5 Å². The molecule has 0 aromatic carbocycles. The Labute approximate surface area is 156 Å². The van der Waals surface area contributed by atoms with Crippen LogP contribution in [0.2, 0.25) is 0 Å². The summed E-state index contributed by atoms with van der Waals surface area (Å²) in [5.74, 6) is 0.358. The highest BCUT2D eigenvalue weighted by molar-refractivity contribution is 9.10. The molecule has 2 rings (SSSR count). The van der Waals surface area contributed by atoms with Gasteiger partial charge in [-0.2, -0.15) is 5.10 Å². The van der Waals surface area contributed by atoms with Crippen LogP contribution in [0.1, 0.15) is 47.2 Å². The number of halogens is 1. The van der Waals surface area contributed by atoms with Gasteiger partial charge in [-0.3, -0.25) is 9.59 Å². The fourth-order valence-corrected chi connectivity index (χ4v) is 2.69. The van der Waals surface area contributed by atoms with Gasteiger partial charge in [-0.25, -0.2) is 4.68 Å². The summed E-state index contributed by atoms with van der Waals surface area (Å²) in [6.07, 6.45) is 1.60. The average Bonchev–Trinajstić information content (AvgIpc) is 2.86. The fraction of sp³-hybridized carbons (Fsp3) is 0.500. The number of nitrogens with one attached hydrogen (secondary N) is 1. The Kier molecular flexibility index (Phi) is 5.27. The number of pyridine rings is 1. The van der Waals surface area contributed by atoms with Crippen molar-refractivity contribution in [3.05, 3.63) is 44.9 Å². The van der Waals surface area contributed by atoms with Crippen molar-refractivity contribution in [1.82, 2.24) is 14.3 Å². The van der Waals surface area contributed by atoms with Crippen LogP contribution in [0.25, 0.3) is 0 Å². The van der Waals surface area contributed by atoms with Gasteiger partial charge in [-0.1, -0.05) is 20.8 Å². The van der Waals surface area contributed by atoms with Gasteiger partial charge >= 0.3 is 0 Å². The standard InChI is InChI=1S/C18H25BrN4O2/c1-17(2,3)13-9-14(23(21-13)18(4,5)6)20-15(24)11-22-10-12(19)7-8-16(22)25/h7-10H,11H2,1-6H3,(H,20,24). The van der Waals surface area contributed by atoms with Crippen molar-refractivity contribution in [1.29, 1.82) is 0 Å². The summed E-state index contributed by atoms with van der Waals surface area (Å²) in [6.45, 7) is 12.3. The Morgan fingerprint density at radius 3 is 2.40 bits per heavy atom. The van der Waals surface area contributed by atoms with Crippen molar-refractivity contribution in [2.75, 3.05) is 5.32 Å². The molecule has 2 aromatic rings. The van der Waals surface area contributed by atoms with E-state index in [1.54, 1.807) is 12.3 Å². The van der Waals surface area contributed by atoms with E-state index >= 15 is 0 Å². The van der Waals surface area contributed by atoms with Crippen LogP contribution < -0.4 is 10.9 Å². The number of carbonyl (C=O) groups is 1. The summed E-state index contributed by atoms with van der Waals surface area (Å²) in [6, 6.07) is 4.97. The monoisotopic (exact) mass is 408 g/mol. The van der Waals surface area contributed by atoms with Crippen LogP contribution in [0.15, 0.2) is 33.7 Å². The molecule has 0 bridgehead atoms. The third kappa shape index (κ3) is 4.81. The van der Waals surface area contributed by atoms with Crippen molar-refractivity contribution in [2.45, 2.75) is 59.0 Å². The number of hydrogen-bond acceptors (Lipinski definition) is 3. The molecular formula is C18H25BrN4O2. The predicted molar refractivity (Wildman–Crippen MR) is 103 cm³/mol. The molecule has 1 amide bonds. The smallest absolute Gasteiger partial charge is 0.251 e.